The van der Waals surface area contributed by atoms with Gasteiger partial charge in [0.2, 0.25) is 6.79 Å². The van der Waals surface area contributed by atoms with Crippen molar-refractivity contribution in [3.63, 3.8) is 0 Å². The number of ketones is 1. The Hall–Kier alpha value is -4.13. The van der Waals surface area contributed by atoms with Crippen LogP contribution in [0.15, 0.2) is 66.5 Å². The number of nitrogens with zero attached hydrogens (tertiary/aromatic N) is 2. The van der Waals surface area contributed by atoms with Crippen LogP contribution in [0.4, 0.5) is 5.69 Å². The Labute approximate surface area is 184 Å². The number of carbonyl (C=O) groups excluding carboxylic acids is 2. The van der Waals surface area contributed by atoms with E-state index >= 15 is 0 Å². The Morgan fingerprint density at radius 3 is 2.56 bits per heavy atom. The highest BCUT2D eigenvalue weighted by Crippen LogP contribution is 2.44. The zero-order valence-corrected chi connectivity index (χ0v) is 17.5. The maximum atomic E-state index is 13.3. The van der Waals surface area contributed by atoms with Crippen molar-refractivity contribution in [2.75, 3.05) is 11.7 Å². The van der Waals surface area contributed by atoms with Crippen molar-refractivity contribution in [1.29, 1.82) is 0 Å². The van der Waals surface area contributed by atoms with Gasteiger partial charge in [0.15, 0.2) is 11.5 Å². The molecule has 2 aliphatic heterocycles. The average Bonchev–Trinajstić information content (AvgIpc) is 3.38. The molecular formula is C25H20N2O5. The van der Waals surface area contributed by atoms with Gasteiger partial charge in [0.25, 0.3) is 11.7 Å². The number of amides is 1. The molecule has 0 aliphatic carbocycles. The molecule has 1 N–H and O–H groups in total. The number of fused-ring (bicyclic) bond motifs is 1. The van der Waals surface area contributed by atoms with Crippen molar-refractivity contribution < 1.29 is 24.2 Å². The fourth-order valence-corrected chi connectivity index (χ4v) is 4.14. The summed E-state index contributed by atoms with van der Waals surface area (Å²) in [6, 6.07) is 13.2. The van der Waals surface area contributed by atoms with Crippen LogP contribution in [0, 0.1) is 13.8 Å². The van der Waals surface area contributed by atoms with E-state index in [0.29, 0.717) is 28.3 Å². The van der Waals surface area contributed by atoms with Crippen molar-refractivity contribution >= 4 is 23.1 Å². The summed E-state index contributed by atoms with van der Waals surface area (Å²) in [5.41, 5.74) is 3.56. The van der Waals surface area contributed by atoms with Gasteiger partial charge in [0, 0.05) is 23.6 Å². The Morgan fingerprint density at radius 2 is 1.78 bits per heavy atom. The van der Waals surface area contributed by atoms with Gasteiger partial charge in [-0.3, -0.25) is 19.5 Å². The lowest BCUT2D eigenvalue weighted by molar-refractivity contribution is -0.132. The summed E-state index contributed by atoms with van der Waals surface area (Å²) in [5.74, 6) is -0.678. The van der Waals surface area contributed by atoms with Crippen molar-refractivity contribution in [3.8, 4) is 11.5 Å². The number of anilines is 1. The van der Waals surface area contributed by atoms with E-state index < -0.39 is 17.7 Å². The lowest BCUT2D eigenvalue weighted by atomic mass is 9.95. The normalized spacial score (nSPS) is 18.9. The topological polar surface area (TPSA) is 89.0 Å². The predicted molar refractivity (Wildman–Crippen MR) is 118 cm³/mol. The summed E-state index contributed by atoms with van der Waals surface area (Å²) >= 11 is 0. The van der Waals surface area contributed by atoms with Crippen LogP contribution in [-0.2, 0) is 9.59 Å². The zero-order valence-electron chi connectivity index (χ0n) is 17.5. The molecule has 0 saturated carbocycles. The highest BCUT2D eigenvalue weighted by molar-refractivity contribution is 6.51. The molecule has 1 amide bonds. The summed E-state index contributed by atoms with van der Waals surface area (Å²) < 4.78 is 10.7. The van der Waals surface area contributed by atoms with Crippen LogP contribution in [0.3, 0.4) is 0 Å². The number of ether oxygens (including phenoxy) is 2. The lowest BCUT2D eigenvalue weighted by Gasteiger charge is -2.27. The van der Waals surface area contributed by atoms with E-state index in [1.165, 1.54) is 4.90 Å². The van der Waals surface area contributed by atoms with Gasteiger partial charge in [-0.1, -0.05) is 12.1 Å². The Bertz CT molecular complexity index is 1280. The van der Waals surface area contributed by atoms with E-state index in [2.05, 4.69) is 4.98 Å². The number of Topliss-reactive ketones (excluding diaryl/α,β-unsaturated/α-hetero) is 1. The van der Waals surface area contributed by atoms with Crippen molar-refractivity contribution in [1.82, 2.24) is 4.98 Å². The van der Waals surface area contributed by atoms with Gasteiger partial charge in [-0.15, -0.1) is 0 Å². The highest BCUT2D eigenvalue weighted by atomic mass is 16.7. The van der Waals surface area contributed by atoms with Crippen LogP contribution < -0.4 is 14.4 Å². The molecule has 1 atom stereocenters. The third kappa shape index (κ3) is 3.01. The number of aromatic nitrogens is 1. The van der Waals surface area contributed by atoms with Crippen molar-refractivity contribution in [3.05, 3.63) is 88.8 Å². The summed E-state index contributed by atoms with van der Waals surface area (Å²) in [6.07, 6.45) is 3.19. The Balaban J connectivity index is 1.73. The van der Waals surface area contributed by atoms with Gasteiger partial charge in [0.1, 0.15) is 5.76 Å². The van der Waals surface area contributed by atoms with Crippen molar-refractivity contribution in [2.24, 2.45) is 0 Å². The number of benzene rings is 2. The summed E-state index contributed by atoms with van der Waals surface area (Å²) in [7, 11) is 0. The van der Waals surface area contributed by atoms with E-state index in [-0.39, 0.29) is 18.1 Å². The number of carbonyl (C=O) groups is 2. The molecule has 1 aromatic heterocycles. The fourth-order valence-electron chi connectivity index (χ4n) is 4.14. The van der Waals surface area contributed by atoms with Crippen LogP contribution in [0.1, 0.15) is 28.3 Å². The standard InChI is InChI=1S/C25H20N2O5/c1-14-4-3-5-18(15(14)2)27-22(16-8-10-26-11-9-16)21(24(29)25(27)30)23(28)17-6-7-19-20(12-17)32-13-31-19/h3-12,22,28H,13H2,1-2H3/b23-21-. The Morgan fingerprint density at radius 1 is 1.03 bits per heavy atom. The second-order valence-corrected chi connectivity index (χ2v) is 7.74. The molecule has 3 aromatic rings. The Kier molecular flexibility index (Phi) is 4.66. The van der Waals surface area contributed by atoms with Crippen LogP contribution in [0.25, 0.3) is 5.76 Å². The first-order valence-electron chi connectivity index (χ1n) is 10.1. The minimum absolute atomic E-state index is 0.0148. The van der Waals surface area contributed by atoms with E-state index in [0.717, 1.165) is 11.1 Å². The molecule has 1 fully saturated rings. The van der Waals surface area contributed by atoms with Gasteiger partial charge in [0.05, 0.1) is 11.6 Å². The molecule has 160 valence electrons. The number of rotatable bonds is 3. The number of hydrogen-bond donors (Lipinski definition) is 1. The van der Waals surface area contributed by atoms with Gasteiger partial charge >= 0.3 is 0 Å². The van der Waals surface area contributed by atoms with Gasteiger partial charge in [-0.25, -0.2) is 0 Å². The molecule has 1 saturated heterocycles. The number of pyridine rings is 1. The molecule has 7 heteroatoms. The third-order valence-corrected chi connectivity index (χ3v) is 5.95. The molecular weight excluding hydrogens is 408 g/mol. The molecule has 7 nitrogen and oxygen atoms in total. The van der Waals surface area contributed by atoms with E-state index in [9.17, 15) is 14.7 Å². The maximum Gasteiger partial charge on any atom is 0.300 e. The molecule has 0 radical (unpaired) electrons. The average molecular weight is 428 g/mol. The lowest BCUT2D eigenvalue weighted by Crippen LogP contribution is -2.30. The molecule has 0 bridgehead atoms. The number of aryl methyl sites for hydroxylation is 1. The monoisotopic (exact) mass is 428 g/mol. The first kappa shape index (κ1) is 19.8. The first-order valence-corrected chi connectivity index (χ1v) is 10.1. The smallest absolute Gasteiger partial charge is 0.300 e. The molecule has 0 spiro atoms. The van der Waals surface area contributed by atoms with E-state index in [1.807, 2.05) is 32.0 Å². The fraction of sp³-hybridized carbons (Fsp3) is 0.160. The molecule has 2 aromatic carbocycles. The first-order chi connectivity index (χ1) is 15.5. The van der Waals surface area contributed by atoms with Crippen LogP contribution >= 0.6 is 0 Å². The predicted octanol–water partition coefficient (Wildman–Crippen LogP) is 4.05. The number of aliphatic hydroxyl groups is 1. The van der Waals surface area contributed by atoms with Crippen LogP contribution in [0.2, 0.25) is 0 Å². The molecule has 1 unspecified atom stereocenters. The summed E-state index contributed by atoms with van der Waals surface area (Å²) in [4.78, 5) is 32.0. The summed E-state index contributed by atoms with van der Waals surface area (Å²) in [6.45, 7) is 3.95. The SMILES string of the molecule is Cc1cccc(N2C(=O)C(=O)/C(=C(\O)c3ccc4c(c3)OCO4)C2c2ccncc2)c1C. The molecule has 3 heterocycles. The summed E-state index contributed by atoms with van der Waals surface area (Å²) in [5, 5.41) is 11.2. The minimum Gasteiger partial charge on any atom is -0.507 e. The van der Waals surface area contributed by atoms with Gasteiger partial charge in [-0.2, -0.15) is 0 Å². The van der Waals surface area contributed by atoms with Gasteiger partial charge in [-0.05, 0) is 66.9 Å². The maximum absolute atomic E-state index is 13.3. The zero-order chi connectivity index (χ0) is 22.4. The second-order valence-electron chi connectivity index (χ2n) is 7.74. The quantitative estimate of drug-likeness (QED) is 0.385. The largest absolute Gasteiger partial charge is 0.507 e. The van der Waals surface area contributed by atoms with Crippen molar-refractivity contribution in [2.45, 2.75) is 19.9 Å². The highest BCUT2D eigenvalue weighted by Gasteiger charge is 2.47. The van der Waals surface area contributed by atoms with Gasteiger partial charge < -0.3 is 14.6 Å². The van der Waals surface area contributed by atoms with E-state index in [4.69, 9.17) is 9.47 Å². The number of aliphatic hydroxyl groups excluding tert-OH is 1. The third-order valence-electron chi connectivity index (χ3n) is 5.95. The molecule has 5 rings (SSSR count). The number of hydrogen-bond acceptors (Lipinski definition) is 6. The second kappa shape index (κ2) is 7.53. The van der Waals surface area contributed by atoms with Crippen LogP contribution in [0.5, 0.6) is 11.5 Å². The molecule has 32 heavy (non-hydrogen) atoms. The molecule has 2 aliphatic rings. The van der Waals surface area contributed by atoms with E-state index in [1.54, 1.807) is 42.7 Å². The van der Waals surface area contributed by atoms with Crippen LogP contribution in [-0.4, -0.2) is 28.6 Å². The minimum atomic E-state index is -0.802.